The number of aromatic nitrogens is 3. The molecule has 0 spiro atoms. The Balaban J connectivity index is 0.00000595. The van der Waals surface area contributed by atoms with E-state index in [-0.39, 0.29) is 48.5 Å². The molecule has 6 aromatic carbocycles. The number of imidazole rings is 1. The molecule has 1 N–H and O–H groups in total. The smallest absolute Gasteiger partial charge is 0.148 e. The van der Waals surface area contributed by atoms with E-state index in [9.17, 15) is 5.11 Å². The van der Waals surface area contributed by atoms with Gasteiger partial charge in [0.2, 0.25) is 0 Å². The first-order valence-electron chi connectivity index (χ1n) is 21.9. The van der Waals surface area contributed by atoms with Crippen LogP contribution in [0.5, 0.6) is 5.75 Å². The van der Waals surface area contributed by atoms with Crippen molar-refractivity contribution in [2.75, 3.05) is 0 Å². The average Bonchev–Trinajstić information content (AvgIpc) is 3.62. The van der Waals surface area contributed by atoms with Gasteiger partial charge >= 0.3 is 0 Å². The average molecular weight is 1010 g/mol. The molecule has 2 aromatic heterocycles. The Morgan fingerprint density at radius 1 is 0.476 bits per heavy atom. The van der Waals surface area contributed by atoms with E-state index in [1.54, 1.807) is 6.07 Å². The number of hydrogen-bond acceptors (Lipinski definition) is 3. The molecule has 4 nitrogen and oxygen atoms in total. The molecule has 0 saturated heterocycles. The molecule has 0 amide bonds. The summed E-state index contributed by atoms with van der Waals surface area (Å²) in [7, 11) is 0. The van der Waals surface area contributed by atoms with Crippen LogP contribution in [0, 0.1) is 6.07 Å². The van der Waals surface area contributed by atoms with Crippen molar-refractivity contribution in [1.29, 1.82) is 0 Å². The second-order valence-corrected chi connectivity index (χ2v) is 21.0. The van der Waals surface area contributed by atoms with Gasteiger partial charge in [-0.05, 0) is 91.4 Å². The van der Waals surface area contributed by atoms with Crippen LogP contribution in [-0.2, 0) is 42.7 Å². The van der Waals surface area contributed by atoms with Gasteiger partial charge in [0.25, 0.3) is 0 Å². The molecule has 0 aliphatic carbocycles. The molecule has 63 heavy (non-hydrogen) atoms. The van der Waals surface area contributed by atoms with Crippen LogP contribution in [0.3, 0.4) is 0 Å². The Bertz CT molecular complexity index is 2930. The Hall–Kier alpha value is -5.57. The van der Waals surface area contributed by atoms with Crippen molar-refractivity contribution in [2.24, 2.45) is 0 Å². The Morgan fingerprint density at radius 2 is 1.03 bits per heavy atom. The van der Waals surface area contributed by atoms with Crippen molar-refractivity contribution in [1.82, 2.24) is 14.5 Å². The summed E-state index contributed by atoms with van der Waals surface area (Å²) in [5.41, 5.74) is 16.5. The Morgan fingerprint density at radius 3 is 1.63 bits per heavy atom. The molecule has 324 valence electrons. The number of hydrogen-bond donors (Lipinski definition) is 1. The summed E-state index contributed by atoms with van der Waals surface area (Å²) < 4.78 is 2.23. The van der Waals surface area contributed by atoms with Gasteiger partial charge in [-0.3, -0.25) is 9.55 Å². The number of phenolic OH excluding ortho intramolecular Hbond substituents is 1. The number of benzene rings is 6. The van der Waals surface area contributed by atoms with Crippen molar-refractivity contribution in [3.63, 3.8) is 0 Å². The van der Waals surface area contributed by atoms with Gasteiger partial charge in [0.15, 0.2) is 0 Å². The molecule has 0 fully saturated rings. The normalized spacial score (nSPS) is 12.4. The standard InChI is InChI=1S/C58H60N3O.Pt/c1-55(2,3)42-24-20-37(21-25-42)39-30-31-59-49(35-39)41-32-40(33-45(34-41)58(10,11)12)46-17-15-18-51-53(46)60-54(47-16-13-14-19-52(47)62)61(51)50-29-28-44(57(7,8)9)36-48(50)38-22-26-43(27-23-38)56(4,5)6;/h13-31,33-36,62H,1-12H3;/q-1;. The third-order valence-electron chi connectivity index (χ3n) is 12.1. The zero-order valence-corrected chi connectivity index (χ0v) is 41.2. The SMILES string of the molecule is CC(C)(C)c1ccc(-c2ccnc(-c3[c-]c(-c4cccc5c4nc(-c4ccccc4O)n5-c4ccc(C(C)(C)C)cc4-c4ccc(C(C)(C)C)cc4)cc(C(C)(C)C)c3)c2)cc1.[Pt]. The minimum Gasteiger partial charge on any atom is -0.507 e. The second kappa shape index (κ2) is 16.9. The first-order valence-corrected chi connectivity index (χ1v) is 21.9. The largest absolute Gasteiger partial charge is 0.507 e. The van der Waals surface area contributed by atoms with Gasteiger partial charge in [0.05, 0.1) is 22.3 Å². The van der Waals surface area contributed by atoms with Crippen LogP contribution in [0.1, 0.15) is 105 Å². The molecular weight excluding hydrogens is 950 g/mol. The maximum Gasteiger partial charge on any atom is 0.148 e. The van der Waals surface area contributed by atoms with Gasteiger partial charge in [-0.25, -0.2) is 4.98 Å². The van der Waals surface area contributed by atoms with E-state index in [2.05, 4.69) is 203 Å². The molecule has 0 aliphatic heterocycles. The zero-order valence-electron chi connectivity index (χ0n) is 38.9. The van der Waals surface area contributed by atoms with Crippen LogP contribution in [0.25, 0.3) is 72.7 Å². The van der Waals surface area contributed by atoms with E-state index in [4.69, 9.17) is 9.97 Å². The molecule has 0 bridgehead atoms. The van der Waals surface area contributed by atoms with Crippen LogP contribution in [0.15, 0.2) is 140 Å². The van der Waals surface area contributed by atoms with Crippen molar-refractivity contribution in [3.8, 4) is 67.5 Å². The molecule has 0 radical (unpaired) electrons. The van der Waals surface area contributed by atoms with Crippen LogP contribution in [-0.4, -0.2) is 19.6 Å². The maximum absolute atomic E-state index is 11.5. The molecule has 2 heterocycles. The molecule has 0 unspecified atom stereocenters. The Labute approximate surface area is 389 Å². The fourth-order valence-electron chi connectivity index (χ4n) is 8.19. The third kappa shape index (κ3) is 9.25. The van der Waals surface area contributed by atoms with E-state index < -0.39 is 0 Å². The summed E-state index contributed by atoms with van der Waals surface area (Å²) in [6.07, 6.45) is 1.90. The van der Waals surface area contributed by atoms with Gasteiger partial charge in [-0.2, -0.15) is 0 Å². The molecule has 0 atom stereocenters. The van der Waals surface area contributed by atoms with E-state index in [1.807, 2.05) is 24.4 Å². The number of rotatable bonds is 6. The van der Waals surface area contributed by atoms with Gasteiger partial charge in [0.1, 0.15) is 11.6 Å². The molecular formula is C58H60N3OPt-. The first kappa shape index (κ1) is 45.5. The summed E-state index contributed by atoms with van der Waals surface area (Å²) in [5.74, 6) is 0.844. The predicted octanol–water partition coefficient (Wildman–Crippen LogP) is 15.4. The summed E-state index contributed by atoms with van der Waals surface area (Å²) in [5, 5.41) is 11.5. The van der Waals surface area contributed by atoms with Crippen molar-refractivity contribution >= 4 is 11.0 Å². The molecule has 0 saturated carbocycles. The van der Waals surface area contributed by atoms with E-state index >= 15 is 0 Å². The Kier molecular flexibility index (Phi) is 12.2. The number of pyridine rings is 1. The topological polar surface area (TPSA) is 50.9 Å². The predicted molar refractivity (Wildman–Crippen MR) is 261 cm³/mol. The quantitative estimate of drug-likeness (QED) is 0.169. The summed E-state index contributed by atoms with van der Waals surface area (Å²) in [4.78, 5) is 10.4. The summed E-state index contributed by atoms with van der Waals surface area (Å²) in [6, 6.07) is 51.2. The fraction of sp³-hybridized carbons (Fsp3) is 0.276. The number of aromatic hydroxyl groups is 1. The fourth-order valence-corrected chi connectivity index (χ4v) is 8.19. The van der Waals surface area contributed by atoms with Crippen LogP contribution >= 0.6 is 0 Å². The van der Waals surface area contributed by atoms with Gasteiger partial charge in [-0.1, -0.05) is 179 Å². The summed E-state index contributed by atoms with van der Waals surface area (Å²) in [6.45, 7) is 27.0. The monoisotopic (exact) mass is 1010 g/mol. The molecule has 5 heteroatoms. The molecule has 8 aromatic rings. The zero-order chi connectivity index (χ0) is 44.4. The van der Waals surface area contributed by atoms with Crippen molar-refractivity contribution in [2.45, 2.75) is 105 Å². The van der Waals surface area contributed by atoms with E-state index in [0.29, 0.717) is 11.4 Å². The van der Waals surface area contributed by atoms with Crippen LogP contribution < -0.4 is 0 Å². The molecule has 0 aliphatic rings. The third-order valence-corrected chi connectivity index (χ3v) is 12.1. The van der Waals surface area contributed by atoms with Crippen LogP contribution in [0.4, 0.5) is 0 Å². The molecule has 8 rings (SSSR count). The van der Waals surface area contributed by atoms with Gasteiger partial charge in [0, 0.05) is 38.5 Å². The van der Waals surface area contributed by atoms with Crippen LogP contribution in [0.2, 0.25) is 0 Å². The minimum absolute atomic E-state index is 0. The van der Waals surface area contributed by atoms with Crippen molar-refractivity contribution < 1.29 is 26.2 Å². The second-order valence-electron chi connectivity index (χ2n) is 21.0. The summed E-state index contributed by atoms with van der Waals surface area (Å²) >= 11 is 0. The maximum atomic E-state index is 11.5. The number of para-hydroxylation sites is 2. The van der Waals surface area contributed by atoms with Crippen molar-refractivity contribution in [3.05, 3.63) is 168 Å². The van der Waals surface area contributed by atoms with E-state index in [0.717, 1.165) is 61.4 Å². The number of nitrogens with zero attached hydrogens (tertiary/aromatic N) is 3. The van der Waals surface area contributed by atoms with E-state index in [1.165, 1.54) is 22.3 Å². The van der Waals surface area contributed by atoms with Gasteiger partial charge in [-0.15, -0.1) is 29.3 Å². The first-order chi connectivity index (χ1) is 29.2. The number of fused-ring (bicyclic) bond motifs is 1. The van der Waals surface area contributed by atoms with Gasteiger partial charge < -0.3 is 5.11 Å². The number of phenols is 1. The minimum atomic E-state index is -0.153.